The quantitative estimate of drug-likeness (QED) is 0.124. The number of hydrogen-bond donors (Lipinski definition) is 0. The number of ether oxygens (including phenoxy) is 1. The zero-order valence-corrected chi connectivity index (χ0v) is 25.8. The first-order chi connectivity index (χ1) is 22.4. The summed E-state index contributed by atoms with van der Waals surface area (Å²) in [4.78, 5) is 11.8. The van der Waals surface area contributed by atoms with E-state index in [0.29, 0.717) is 18.8 Å². The lowest BCUT2D eigenvalue weighted by molar-refractivity contribution is 0.156. The van der Waals surface area contributed by atoms with Crippen LogP contribution in [-0.4, -0.2) is 14.9 Å². The van der Waals surface area contributed by atoms with Gasteiger partial charge in [-0.1, -0.05) is 103 Å². The average Bonchev–Trinajstić information content (AvgIpc) is 3.52. The van der Waals surface area contributed by atoms with Crippen molar-refractivity contribution in [1.29, 1.82) is 0 Å². The summed E-state index contributed by atoms with van der Waals surface area (Å²) in [7, 11) is 0. The van der Waals surface area contributed by atoms with Crippen LogP contribution >= 0.6 is 11.6 Å². The minimum Gasteiger partial charge on any atom is -0.484 e. The molecule has 0 saturated carbocycles. The maximum absolute atomic E-state index is 14.5. The number of nitrogens with zero attached hydrogens (tertiary/aromatic N) is 3. The van der Waals surface area contributed by atoms with Gasteiger partial charge in [0.2, 0.25) is 0 Å². The molecule has 1 unspecified atom stereocenters. The Kier molecular flexibility index (Phi) is 8.07. The van der Waals surface area contributed by atoms with Crippen LogP contribution in [0.4, 0.5) is 8.78 Å². The average molecular weight is 630 g/mol. The van der Waals surface area contributed by atoms with Crippen molar-refractivity contribution in [1.82, 2.24) is 14.9 Å². The molecule has 1 aliphatic rings. The molecule has 7 heteroatoms. The smallest absolute Gasteiger partial charge is 0.142 e. The fourth-order valence-corrected chi connectivity index (χ4v) is 6.87. The summed E-state index contributed by atoms with van der Waals surface area (Å²) in [6, 6.07) is 37.9. The molecule has 2 aromatic heterocycles. The first-order valence-electron chi connectivity index (χ1n) is 15.1. The molecule has 1 aliphatic heterocycles. The molecule has 228 valence electrons. The van der Waals surface area contributed by atoms with Crippen LogP contribution < -0.4 is 4.74 Å². The van der Waals surface area contributed by atoms with Crippen LogP contribution in [0.5, 0.6) is 5.75 Å². The van der Waals surface area contributed by atoms with E-state index in [0.717, 1.165) is 34.5 Å². The number of aromatic nitrogens is 2. The number of rotatable bonds is 8. The maximum Gasteiger partial charge on any atom is 0.142 e. The molecular formula is C39H30ClF2N3O. The van der Waals surface area contributed by atoms with Gasteiger partial charge in [0.15, 0.2) is 0 Å². The first kappa shape index (κ1) is 29.8. The SMILES string of the molecule is CC(Oc1cncc(-c2cnc3c(c2)CN(C(c2ccccc2)(c2ccccc2)c2ccccc2)C3)c1)c1c(F)ccc(F)c1Cl. The van der Waals surface area contributed by atoms with Crippen LogP contribution in [0.2, 0.25) is 5.02 Å². The lowest BCUT2D eigenvalue weighted by Crippen LogP contribution is -2.45. The second kappa shape index (κ2) is 12.5. The minimum atomic E-state index is -0.839. The summed E-state index contributed by atoms with van der Waals surface area (Å²) < 4.78 is 34.6. The van der Waals surface area contributed by atoms with E-state index >= 15 is 0 Å². The van der Waals surface area contributed by atoms with Crippen molar-refractivity contribution in [2.75, 3.05) is 0 Å². The van der Waals surface area contributed by atoms with Crippen LogP contribution in [0.25, 0.3) is 11.1 Å². The second-order valence-corrected chi connectivity index (χ2v) is 11.8. The third-order valence-electron chi connectivity index (χ3n) is 8.66. The highest BCUT2D eigenvalue weighted by atomic mass is 35.5. The number of halogens is 3. The van der Waals surface area contributed by atoms with Gasteiger partial charge in [-0.25, -0.2) is 8.78 Å². The Balaban J connectivity index is 1.23. The van der Waals surface area contributed by atoms with Crippen molar-refractivity contribution >= 4 is 11.6 Å². The predicted octanol–water partition coefficient (Wildman–Crippen LogP) is 9.52. The predicted molar refractivity (Wildman–Crippen MR) is 176 cm³/mol. The topological polar surface area (TPSA) is 38.3 Å². The molecule has 4 aromatic carbocycles. The van der Waals surface area contributed by atoms with Crippen LogP contribution in [0.15, 0.2) is 134 Å². The summed E-state index contributed by atoms with van der Waals surface area (Å²) in [6.45, 7) is 2.96. The van der Waals surface area contributed by atoms with Gasteiger partial charge in [-0.3, -0.25) is 14.9 Å². The maximum atomic E-state index is 14.5. The van der Waals surface area contributed by atoms with E-state index in [4.69, 9.17) is 21.3 Å². The van der Waals surface area contributed by atoms with E-state index in [1.807, 2.05) is 30.5 Å². The summed E-state index contributed by atoms with van der Waals surface area (Å²) in [5, 5.41) is -0.290. The van der Waals surface area contributed by atoms with E-state index < -0.39 is 23.3 Å². The molecule has 4 nitrogen and oxygen atoms in total. The lowest BCUT2D eigenvalue weighted by atomic mass is 9.75. The van der Waals surface area contributed by atoms with E-state index in [2.05, 4.69) is 88.7 Å². The van der Waals surface area contributed by atoms with E-state index in [1.54, 1.807) is 19.3 Å². The standard InChI is InChI=1S/C39H30ClF2N3O/c1-26(37-34(41)17-18-35(42)38(37)40)46-33-20-28(21-43-23-33)27-19-29-24-45(25-36(29)44-22-27)39(30-11-5-2-6-12-30,31-13-7-3-8-14-31)32-15-9-4-10-16-32/h2-23,26H,24-25H2,1H3. The highest BCUT2D eigenvalue weighted by Crippen LogP contribution is 2.46. The highest BCUT2D eigenvalue weighted by molar-refractivity contribution is 6.31. The largest absolute Gasteiger partial charge is 0.484 e. The fourth-order valence-electron chi connectivity index (χ4n) is 6.56. The van der Waals surface area contributed by atoms with Crippen LogP contribution in [0.3, 0.4) is 0 Å². The Hall–Kier alpha value is -4.91. The Labute approximate surface area is 271 Å². The molecule has 3 heterocycles. The van der Waals surface area contributed by atoms with Gasteiger partial charge in [-0.05, 0) is 53.4 Å². The molecular weight excluding hydrogens is 600 g/mol. The summed E-state index contributed by atoms with van der Waals surface area (Å²) in [5.74, 6) is -0.925. The Morgan fingerprint density at radius 1 is 0.717 bits per heavy atom. The van der Waals surface area contributed by atoms with E-state index in [1.165, 1.54) is 16.7 Å². The molecule has 0 N–H and O–H groups in total. The van der Waals surface area contributed by atoms with Gasteiger partial charge in [-0.15, -0.1) is 0 Å². The van der Waals surface area contributed by atoms with Gasteiger partial charge >= 0.3 is 0 Å². The molecule has 46 heavy (non-hydrogen) atoms. The van der Waals surface area contributed by atoms with Gasteiger partial charge in [0.05, 0.1) is 22.5 Å². The molecule has 0 bridgehead atoms. The van der Waals surface area contributed by atoms with Gasteiger partial charge in [0, 0.05) is 42.2 Å². The Morgan fingerprint density at radius 3 is 1.89 bits per heavy atom. The lowest BCUT2D eigenvalue weighted by Gasteiger charge is -2.43. The zero-order chi connectivity index (χ0) is 31.7. The summed E-state index contributed by atoms with van der Waals surface area (Å²) >= 11 is 6.08. The monoisotopic (exact) mass is 629 g/mol. The zero-order valence-electron chi connectivity index (χ0n) is 25.1. The second-order valence-electron chi connectivity index (χ2n) is 11.4. The molecule has 1 atom stereocenters. The normalized spacial score (nSPS) is 13.7. The first-order valence-corrected chi connectivity index (χ1v) is 15.5. The van der Waals surface area contributed by atoms with Crippen molar-refractivity contribution in [2.24, 2.45) is 0 Å². The van der Waals surface area contributed by atoms with Gasteiger partial charge in [0.1, 0.15) is 23.5 Å². The number of hydrogen-bond acceptors (Lipinski definition) is 4. The van der Waals surface area contributed by atoms with Crippen molar-refractivity contribution in [3.05, 3.63) is 184 Å². The third-order valence-corrected chi connectivity index (χ3v) is 9.04. The summed E-state index contributed by atoms with van der Waals surface area (Å²) in [5.41, 5.74) is 6.76. The summed E-state index contributed by atoms with van der Waals surface area (Å²) in [6.07, 6.45) is 4.30. The molecule has 0 amide bonds. The fraction of sp³-hybridized carbons (Fsp3) is 0.128. The van der Waals surface area contributed by atoms with Crippen LogP contribution in [0.1, 0.15) is 46.5 Å². The number of benzene rings is 4. The van der Waals surface area contributed by atoms with E-state index in [-0.39, 0.29) is 10.6 Å². The van der Waals surface area contributed by atoms with Crippen molar-refractivity contribution in [3.63, 3.8) is 0 Å². The molecule has 0 aliphatic carbocycles. The molecule has 0 spiro atoms. The number of pyridine rings is 2. The molecule has 6 aromatic rings. The molecule has 0 fully saturated rings. The van der Waals surface area contributed by atoms with Crippen molar-refractivity contribution in [3.8, 4) is 16.9 Å². The Bertz CT molecular complexity index is 1890. The Morgan fingerprint density at radius 2 is 1.28 bits per heavy atom. The molecule has 0 radical (unpaired) electrons. The third kappa shape index (κ3) is 5.34. The highest BCUT2D eigenvalue weighted by Gasteiger charge is 2.44. The van der Waals surface area contributed by atoms with Crippen molar-refractivity contribution in [2.45, 2.75) is 31.7 Å². The van der Waals surface area contributed by atoms with Crippen LogP contribution in [0, 0.1) is 11.6 Å². The van der Waals surface area contributed by atoms with Crippen molar-refractivity contribution < 1.29 is 13.5 Å². The minimum absolute atomic E-state index is 0.0370. The molecule has 0 saturated heterocycles. The van der Waals surface area contributed by atoms with Gasteiger partial charge in [-0.2, -0.15) is 0 Å². The number of fused-ring (bicyclic) bond motifs is 1. The van der Waals surface area contributed by atoms with Crippen LogP contribution in [-0.2, 0) is 18.6 Å². The molecule has 7 rings (SSSR count). The van der Waals surface area contributed by atoms with Gasteiger partial charge in [0.25, 0.3) is 0 Å². The van der Waals surface area contributed by atoms with E-state index in [9.17, 15) is 8.78 Å². The van der Waals surface area contributed by atoms with Gasteiger partial charge < -0.3 is 4.74 Å².